The van der Waals surface area contributed by atoms with Gasteiger partial charge in [0.25, 0.3) is 0 Å². The van der Waals surface area contributed by atoms with Crippen molar-refractivity contribution in [1.29, 1.82) is 0 Å². The molecule has 1 unspecified atom stereocenters. The zero-order valence-electron chi connectivity index (χ0n) is 40.1. The summed E-state index contributed by atoms with van der Waals surface area (Å²) in [7, 11) is 0. The van der Waals surface area contributed by atoms with Gasteiger partial charge in [-0.05, 0) is 83.5 Å². The molecule has 5 heteroatoms. The van der Waals surface area contributed by atoms with Gasteiger partial charge < -0.3 is 14.6 Å². The SMILES string of the molecule is CC/C=C\C/C=C\C/C=C\C/C=C\C/C=C\C/C=C\C/C=C\C/C=C\C/C=C\CCCCCCCCCCCC(=O)OC(CO)COC(=O)CCCCCCCCCCCCC. The van der Waals surface area contributed by atoms with Crippen molar-refractivity contribution in [2.24, 2.45) is 0 Å². The maximum atomic E-state index is 12.2. The predicted molar refractivity (Wildman–Crippen MR) is 269 cm³/mol. The highest BCUT2D eigenvalue weighted by Crippen LogP contribution is 2.14. The molecule has 5 nitrogen and oxygen atoms in total. The van der Waals surface area contributed by atoms with Gasteiger partial charge in [0.1, 0.15) is 6.61 Å². The minimum Gasteiger partial charge on any atom is -0.462 e. The number of carbonyl (C=O) groups is 2. The number of aliphatic hydroxyl groups excluding tert-OH is 1. The molecule has 0 heterocycles. The Bertz CT molecular complexity index is 1250. The van der Waals surface area contributed by atoms with E-state index in [0.29, 0.717) is 12.8 Å². The van der Waals surface area contributed by atoms with Gasteiger partial charge in [-0.1, -0.05) is 232 Å². The van der Waals surface area contributed by atoms with Crippen molar-refractivity contribution in [3.63, 3.8) is 0 Å². The van der Waals surface area contributed by atoms with Crippen LogP contribution in [-0.2, 0) is 19.1 Å². The van der Waals surface area contributed by atoms with Crippen molar-refractivity contribution in [2.45, 2.75) is 225 Å². The van der Waals surface area contributed by atoms with E-state index in [4.69, 9.17) is 9.47 Å². The van der Waals surface area contributed by atoms with Gasteiger partial charge in [0.05, 0.1) is 6.61 Å². The lowest BCUT2D eigenvalue weighted by Crippen LogP contribution is -2.28. The Morgan fingerprint density at radius 2 is 0.694 bits per heavy atom. The van der Waals surface area contributed by atoms with Crippen LogP contribution in [0, 0.1) is 0 Å². The number of ether oxygens (including phenoxy) is 2. The van der Waals surface area contributed by atoms with E-state index in [0.717, 1.165) is 103 Å². The van der Waals surface area contributed by atoms with Crippen molar-refractivity contribution in [3.8, 4) is 0 Å². The second kappa shape index (κ2) is 51.9. The highest BCUT2D eigenvalue weighted by molar-refractivity contribution is 5.70. The van der Waals surface area contributed by atoms with Gasteiger partial charge in [-0.25, -0.2) is 0 Å². The Morgan fingerprint density at radius 3 is 1.05 bits per heavy atom. The second-order valence-corrected chi connectivity index (χ2v) is 16.5. The standard InChI is InChI=1S/C57H94O5/c1-3-5-7-9-11-13-15-16-17-18-19-20-21-22-23-24-25-26-27-28-29-30-31-32-33-34-35-36-37-38-39-40-42-44-46-48-50-52-57(60)62-55(53-58)54-61-56(59)51-49-47-45-43-41-14-12-10-8-6-4-2/h5,7,11,13,16-17,19-20,22-23,25-26,28-29,31-32,34-35,55,58H,3-4,6,8-10,12,14-15,18,21,24,27,30,33,36-54H2,1-2H3/b7-5-,13-11-,17-16-,20-19-,23-22-,26-25-,29-28-,32-31-,35-34-. The summed E-state index contributed by atoms with van der Waals surface area (Å²) in [6.07, 6.45) is 74.7. The number of hydrogen-bond donors (Lipinski definition) is 1. The summed E-state index contributed by atoms with van der Waals surface area (Å²) in [5, 5.41) is 9.59. The van der Waals surface area contributed by atoms with Crippen LogP contribution in [0.2, 0.25) is 0 Å². The summed E-state index contributed by atoms with van der Waals surface area (Å²) in [6, 6.07) is 0. The molecule has 62 heavy (non-hydrogen) atoms. The Labute approximate surface area is 382 Å². The van der Waals surface area contributed by atoms with E-state index in [1.807, 2.05) is 0 Å². The zero-order valence-corrected chi connectivity index (χ0v) is 40.1. The average Bonchev–Trinajstić information content (AvgIpc) is 3.28. The highest BCUT2D eigenvalue weighted by Gasteiger charge is 2.16. The van der Waals surface area contributed by atoms with E-state index < -0.39 is 6.10 Å². The fourth-order valence-electron chi connectivity index (χ4n) is 6.78. The third kappa shape index (κ3) is 49.2. The summed E-state index contributed by atoms with van der Waals surface area (Å²) in [6.45, 7) is 4.00. The molecule has 0 bridgehead atoms. The molecule has 1 atom stereocenters. The molecule has 0 saturated carbocycles. The molecular formula is C57H94O5. The Morgan fingerprint density at radius 1 is 0.387 bits per heavy atom. The number of hydrogen-bond acceptors (Lipinski definition) is 5. The first-order chi connectivity index (χ1) is 30.6. The van der Waals surface area contributed by atoms with E-state index in [-0.39, 0.29) is 25.2 Å². The molecule has 1 N–H and O–H groups in total. The molecule has 0 rings (SSSR count). The molecule has 0 aliphatic carbocycles. The monoisotopic (exact) mass is 859 g/mol. The van der Waals surface area contributed by atoms with Gasteiger partial charge in [0.15, 0.2) is 6.10 Å². The summed E-state index contributed by atoms with van der Waals surface area (Å²) in [5.74, 6) is -0.601. The third-order valence-electron chi connectivity index (χ3n) is 10.6. The lowest BCUT2D eigenvalue weighted by Gasteiger charge is -2.15. The van der Waals surface area contributed by atoms with Crippen molar-refractivity contribution >= 4 is 11.9 Å². The van der Waals surface area contributed by atoms with E-state index in [1.54, 1.807) is 0 Å². The molecule has 0 aliphatic rings. The van der Waals surface area contributed by atoms with Crippen molar-refractivity contribution < 1.29 is 24.2 Å². The van der Waals surface area contributed by atoms with Gasteiger partial charge in [0, 0.05) is 12.8 Å². The Kier molecular flexibility index (Phi) is 49.0. The summed E-state index contributed by atoms with van der Waals surface area (Å²) < 4.78 is 10.6. The van der Waals surface area contributed by atoms with Crippen molar-refractivity contribution in [3.05, 3.63) is 109 Å². The largest absolute Gasteiger partial charge is 0.462 e. The Balaban J connectivity index is 3.59. The number of aliphatic hydroxyl groups is 1. The first-order valence-electron chi connectivity index (χ1n) is 25.4. The number of unbranched alkanes of at least 4 members (excludes halogenated alkanes) is 19. The zero-order chi connectivity index (χ0) is 44.9. The van der Waals surface area contributed by atoms with Gasteiger partial charge in [-0.3, -0.25) is 9.59 Å². The van der Waals surface area contributed by atoms with Crippen LogP contribution in [0.1, 0.15) is 219 Å². The smallest absolute Gasteiger partial charge is 0.306 e. The summed E-state index contributed by atoms with van der Waals surface area (Å²) >= 11 is 0. The molecule has 0 amide bonds. The highest BCUT2D eigenvalue weighted by atomic mass is 16.6. The number of rotatable bonds is 45. The average molecular weight is 859 g/mol. The second-order valence-electron chi connectivity index (χ2n) is 16.5. The predicted octanol–water partition coefficient (Wildman–Crippen LogP) is 17.0. The first-order valence-corrected chi connectivity index (χ1v) is 25.4. The maximum absolute atomic E-state index is 12.2. The number of allylic oxidation sites excluding steroid dienone is 18. The molecule has 0 aliphatic heterocycles. The molecule has 0 fully saturated rings. The van der Waals surface area contributed by atoms with Crippen molar-refractivity contribution in [1.82, 2.24) is 0 Å². The van der Waals surface area contributed by atoms with Gasteiger partial charge in [-0.2, -0.15) is 0 Å². The van der Waals surface area contributed by atoms with Crippen LogP contribution in [-0.4, -0.2) is 36.4 Å². The van der Waals surface area contributed by atoms with Crippen LogP contribution < -0.4 is 0 Å². The lowest BCUT2D eigenvalue weighted by molar-refractivity contribution is -0.161. The van der Waals surface area contributed by atoms with Gasteiger partial charge in [0.2, 0.25) is 0 Å². The Hall–Kier alpha value is -3.44. The van der Waals surface area contributed by atoms with E-state index in [1.165, 1.54) is 89.9 Å². The molecule has 352 valence electrons. The molecule has 0 spiro atoms. The van der Waals surface area contributed by atoms with Gasteiger partial charge in [-0.15, -0.1) is 0 Å². The van der Waals surface area contributed by atoms with Crippen LogP contribution in [0.25, 0.3) is 0 Å². The van der Waals surface area contributed by atoms with E-state index in [9.17, 15) is 14.7 Å². The van der Waals surface area contributed by atoms with Crippen molar-refractivity contribution in [2.75, 3.05) is 13.2 Å². The number of carbonyl (C=O) groups excluding carboxylic acids is 2. The minimum atomic E-state index is -0.778. The quantitative estimate of drug-likeness (QED) is 0.0375. The molecule has 0 aromatic heterocycles. The summed E-state index contributed by atoms with van der Waals surface area (Å²) in [5.41, 5.74) is 0. The van der Waals surface area contributed by atoms with Gasteiger partial charge >= 0.3 is 11.9 Å². The molecular weight excluding hydrogens is 765 g/mol. The minimum absolute atomic E-state index is 0.0710. The third-order valence-corrected chi connectivity index (χ3v) is 10.6. The lowest BCUT2D eigenvalue weighted by atomic mass is 10.1. The topological polar surface area (TPSA) is 72.8 Å². The van der Waals surface area contributed by atoms with Crippen LogP contribution in [0.4, 0.5) is 0 Å². The maximum Gasteiger partial charge on any atom is 0.306 e. The van der Waals surface area contributed by atoms with Crippen LogP contribution in [0.5, 0.6) is 0 Å². The normalized spacial score (nSPS) is 13.1. The van der Waals surface area contributed by atoms with E-state index in [2.05, 4.69) is 123 Å². The number of esters is 2. The van der Waals surface area contributed by atoms with Crippen LogP contribution in [0.15, 0.2) is 109 Å². The first kappa shape index (κ1) is 58.6. The fourth-order valence-corrected chi connectivity index (χ4v) is 6.78. The summed E-state index contributed by atoms with van der Waals surface area (Å²) in [4.78, 5) is 24.3. The molecule has 0 aromatic carbocycles. The molecule has 0 aromatic rings. The molecule has 0 saturated heterocycles. The van der Waals surface area contributed by atoms with Crippen LogP contribution >= 0.6 is 0 Å². The van der Waals surface area contributed by atoms with E-state index >= 15 is 0 Å². The van der Waals surface area contributed by atoms with Crippen LogP contribution in [0.3, 0.4) is 0 Å². The fraction of sp³-hybridized carbons (Fsp3) is 0.649. The molecule has 0 radical (unpaired) electrons.